The lowest BCUT2D eigenvalue weighted by molar-refractivity contribution is -0.122. The zero-order valence-electron chi connectivity index (χ0n) is 12.8. The molecule has 1 fully saturated rings. The van der Waals surface area contributed by atoms with Crippen LogP contribution in [0, 0.1) is 0 Å². The summed E-state index contributed by atoms with van der Waals surface area (Å²) in [6, 6.07) is 9.16. The molecule has 0 bridgehead atoms. The zero-order valence-corrected chi connectivity index (χ0v) is 12.8. The molecule has 1 unspecified atom stereocenters. The standard InChI is InChI=1S/C16H23N3O3/c1-12(17)15(20)18-14-7-9-19(10-8-14)16(21)22-11-13-5-3-2-4-6-13/h2-6,12,14H,7-11,17H2,1H3,(H,18,20). The van der Waals surface area contributed by atoms with Gasteiger partial charge in [-0.2, -0.15) is 0 Å². The van der Waals surface area contributed by atoms with Gasteiger partial charge in [-0.15, -0.1) is 0 Å². The first-order valence-corrected chi connectivity index (χ1v) is 7.58. The molecule has 2 rings (SSSR count). The molecule has 0 spiro atoms. The summed E-state index contributed by atoms with van der Waals surface area (Å²) in [4.78, 5) is 25.2. The van der Waals surface area contributed by atoms with E-state index >= 15 is 0 Å². The molecule has 2 amide bonds. The number of likely N-dealkylation sites (tertiary alicyclic amines) is 1. The fourth-order valence-corrected chi connectivity index (χ4v) is 2.35. The number of nitrogens with two attached hydrogens (primary N) is 1. The molecule has 1 atom stereocenters. The van der Waals surface area contributed by atoms with E-state index in [1.54, 1.807) is 11.8 Å². The molecule has 0 aromatic heterocycles. The van der Waals surface area contributed by atoms with Gasteiger partial charge >= 0.3 is 6.09 Å². The van der Waals surface area contributed by atoms with E-state index in [2.05, 4.69) is 5.32 Å². The van der Waals surface area contributed by atoms with Gasteiger partial charge in [0.2, 0.25) is 5.91 Å². The highest BCUT2D eigenvalue weighted by molar-refractivity contribution is 5.81. The van der Waals surface area contributed by atoms with E-state index in [9.17, 15) is 9.59 Å². The van der Waals surface area contributed by atoms with E-state index in [0.29, 0.717) is 13.1 Å². The number of carbonyl (C=O) groups excluding carboxylic acids is 2. The van der Waals surface area contributed by atoms with Gasteiger partial charge in [0.05, 0.1) is 6.04 Å². The summed E-state index contributed by atoms with van der Waals surface area (Å²) in [5.74, 6) is -0.148. The smallest absolute Gasteiger partial charge is 0.410 e. The minimum absolute atomic E-state index is 0.0803. The number of hydrogen-bond acceptors (Lipinski definition) is 4. The lowest BCUT2D eigenvalue weighted by atomic mass is 10.1. The summed E-state index contributed by atoms with van der Waals surface area (Å²) < 4.78 is 5.30. The van der Waals surface area contributed by atoms with Crippen LogP contribution >= 0.6 is 0 Å². The van der Waals surface area contributed by atoms with Crippen molar-refractivity contribution in [3.8, 4) is 0 Å². The Labute approximate surface area is 130 Å². The Balaban J connectivity index is 1.72. The minimum atomic E-state index is -0.506. The molecule has 6 heteroatoms. The summed E-state index contributed by atoms with van der Waals surface area (Å²) in [6.45, 7) is 3.10. The molecule has 3 N–H and O–H groups in total. The fourth-order valence-electron chi connectivity index (χ4n) is 2.35. The maximum Gasteiger partial charge on any atom is 0.410 e. The van der Waals surface area contributed by atoms with Crippen molar-refractivity contribution >= 4 is 12.0 Å². The molecular formula is C16H23N3O3. The van der Waals surface area contributed by atoms with Crippen LogP contribution in [0.15, 0.2) is 30.3 Å². The van der Waals surface area contributed by atoms with E-state index in [1.807, 2.05) is 30.3 Å². The van der Waals surface area contributed by atoms with Crippen LogP contribution in [0.5, 0.6) is 0 Å². The molecule has 120 valence electrons. The third-order valence-electron chi connectivity index (χ3n) is 3.72. The maximum atomic E-state index is 12.0. The largest absolute Gasteiger partial charge is 0.445 e. The monoisotopic (exact) mass is 305 g/mol. The molecule has 1 aromatic rings. The summed E-state index contributed by atoms with van der Waals surface area (Å²) in [7, 11) is 0. The summed E-state index contributed by atoms with van der Waals surface area (Å²) in [5, 5.41) is 2.89. The fraction of sp³-hybridized carbons (Fsp3) is 0.500. The Morgan fingerprint density at radius 2 is 1.95 bits per heavy atom. The van der Waals surface area contributed by atoms with Gasteiger partial charge in [-0.1, -0.05) is 30.3 Å². The van der Waals surface area contributed by atoms with Crippen molar-refractivity contribution in [2.75, 3.05) is 13.1 Å². The summed E-state index contributed by atoms with van der Waals surface area (Å²) >= 11 is 0. The predicted octanol–water partition coefficient (Wildman–Crippen LogP) is 1.25. The van der Waals surface area contributed by atoms with E-state index in [1.165, 1.54) is 0 Å². The van der Waals surface area contributed by atoms with Gasteiger partial charge in [0, 0.05) is 19.1 Å². The molecular weight excluding hydrogens is 282 g/mol. The second kappa shape index (κ2) is 7.79. The number of piperidine rings is 1. The number of nitrogens with one attached hydrogen (secondary N) is 1. The second-order valence-corrected chi connectivity index (χ2v) is 5.60. The second-order valence-electron chi connectivity index (χ2n) is 5.60. The van der Waals surface area contributed by atoms with Crippen molar-refractivity contribution in [3.63, 3.8) is 0 Å². The van der Waals surface area contributed by atoms with Crippen LogP contribution in [0.3, 0.4) is 0 Å². The van der Waals surface area contributed by atoms with Crippen molar-refractivity contribution in [1.82, 2.24) is 10.2 Å². The van der Waals surface area contributed by atoms with Gasteiger partial charge in [0.1, 0.15) is 6.61 Å². The van der Waals surface area contributed by atoms with Gasteiger partial charge in [-0.05, 0) is 25.3 Å². The number of amides is 2. The lowest BCUT2D eigenvalue weighted by Crippen LogP contribution is -2.49. The molecule has 1 saturated heterocycles. The average Bonchev–Trinajstić information content (AvgIpc) is 2.54. The molecule has 1 aliphatic heterocycles. The number of ether oxygens (including phenoxy) is 1. The first kappa shape index (κ1) is 16.3. The van der Waals surface area contributed by atoms with Crippen molar-refractivity contribution in [1.29, 1.82) is 0 Å². The maximum absolute atomic E-state index is 12.0. The first-order valence-electron chi connectivity index (χ1n) is 7.58. The molecule has 1 heterocycles. The van der Waals surface area contributed by atoms with Crippen LogP contribution in [-0.2, 0) is 16.1 Å². The highest BCUT2D eigenvalue weighted by Gasteiger charge is 2.25. The Bertz CT molecular complexity index is 497. The van der Waals surface area contributed by atoms with Crippen LogP contribution in [0.25, 0.3) is 0 Å². The Kier molecular flexibility index (Phi) is 5.77. The molecule has 0 radical (unpaired) electrons. The number of hydrogen-bond donors (Lipinski definition) is 2. The molecule has 22 heavy (non-hydrogen) atoms. The zero-order chi connectivity index (χ0) is 15.9. The highest BCUT2D eigenvalue weighted by Crippen LogP contribution is 2.12. The highest BCUT2D eigenvalue weighted by atomic mass is 16.6. The lowest BCUT2D eigenvalue weighted by Gasteiger charge is -2.32. The quantitative estimate of drug-likeness (QED) is 0.877. The number of carbonyl (C=O) groups is 2. The van der Waals surface area contributed by atoms with Crippen LogP contribution in [0.4, 0.5) is 4.79 Å². The Morgan fingerprint density at radius 3 is 2.55 bits per heavy atom. The van der Waals surface area contributed by atoms with E-state index in [0.717, 1.165) is 18.4 Å². The van der Waals surface area contributed by atoms with Crippen molar-refractivity contribution in [2.45, 2.75) is 38.5 Å². The van der Waals surface area contributed by atoms with Crippen LogP contribution < -0.4 is 11.1 Å². The van der Waals surface area contributed by atoms with Gasteiger partial charge in [0.15, 0.2) is 0 Å². The summed E-state index contributed by atoms with van der Waals surface area (Å²) in [5.41, 5.74) is 6.49. The average molecular weight is 305 g/mol. The summed E-state index contributed by atoms with van der Waals surface area (Å²) in [6.07, 6.45) is 1.14. The van der Waals surface area contributed by atoms with Crippen LogP contribution in [0.2, 0.25) is 0 Å². The number of benzene rings is 1. The van der Waals surface area contributed by atoms with Crippen molar-refractivity contribution < 1.29 is 14.3 Å². The molecule has 1 aliphatic rings. The Morgan fingerprint density at radius 1 is 1.32 bits per heavy atom. The van der Waals surface area contributed by atoms with Crippen LogP contribution in [-0.4, -0.2) is 42.1 Å². The van der Waals surface area contributed by atoms with E-state index < -0.39 is 6.04 Å². The normalized spacial score (nSPS) is 16.9. The molecule has 1 aromatic carbocycles. The van der Waals surface area contributed by atoms with Gasteiger partial charge < -0.3 is 20.7 Å². The van der Waals surface area contributed by atoms with Crippen LogP contribution in [0.1, 0.15) is 25.3 Å². The predicted molar refractivity (Wildman–Crippen MR) is 83.0 cm³/mol. The number of rotatable bonds is 4. The van der Waals surface area contributed by atoms with Crippen molar-refractivity contribution in [3.05, 3.63) is 35.9 Å². The topological polar surface area (TPSA) is 84.7 Å². The van der Waals surface area contributed by atoms with Gasteiger partial charge in [-0.3, -0.25) is 4.79 Å². The molecule has 0 saturated carbocycles. The van der Waals surface area contributed by atoms with E-state index in [-0.39, 0.29) is 24.6 Å². The number of nitrogens with zero attached hydrogens (tertiary/aromatic N) is 1. The third kappa shape index (κ3) is 4.73. The SMILES string of the molecule is CC(N)C(=O)NC1CCN(C(=O)OCc2ccccc2)CC1. The van der Waals surface area contributed by atoms with E-state index in [4.69, 9.17) is 10.5 Å². The molecule has 0 aliphatic carbocycles. The van der Waals surface area contributed by atoms with Gasteiger partial charge in [-0.25, -0.2) is 4.79 Å². The third-order valence-corrected chi connectivity index (χ3v) is 3.72. The first-order chi connectivity index (χ1) is 10.6. The Hall–Kier alpha value is -2.08. The van der Waals surface area contributed by atoms with Crippen molar-refractivity contribution in [2.24, 2.45) is 5.73 Å². The molecule has 6 nitrogen and oxygen atoms in total. The van der Waals surface area contributed by atoms with Gasteiger partial charge in [0.25, 0.3) is 0 Å². The minimum Gasteiger partial charge on any atom is -0.445 e.